The maximum Gasteiger partial charge on any atom is 0.258 e. The highest BCUT2D eigenvalue weighted by Gasteiger charge is 2.26. The van der Waals surface area contributed by atoms with Crippen LogP contribution in [0.2, 0.25) is 0 Å². The monoisotopic (exact) mass is 353 g/mol. The SMILES string of the molecule is COc1cccc(C)c1C(=O)N(Cc1ccccc1C)CC1CCCO1. The Morgan fingerprint density at radius 3 is 2.62 bits per heavy atom. The Hall–Kier alpha value is -2.33. The fourth-order valence-corrected chi connectivity index (χ4v) is 3.49. The summed E-state index contributed by atoms with van der Waals surface area (Å²) >= 11 is 0. The summed E-state index contributed by atoms with van der Waals surface area (Å²) in [5, 5.41) is 0. The molecule has 3 rings (SSSR count). The second-order valence-electron chi connectivity index (χ2n) is 6.90. The number of methoxy groups -OCH3 is 1. The molecule has 4 heteroatoms. The lowest BCUT2D eigenvalue weighted by atomic mass is 10.0. The molecule has 4 nitrogen and oxygen atoms in total. The maximum absolute atomic E-state index is 13.4. The molecule has 138 valence electrons. The second kappa shape index (κ2) is 8.37. The van der Waals surface area contributed by atoms with Crippen LogP contribution in [0.15, 0.2) is 42.5 Å². The molecule has 0 N–H and O–H groups in total. The van der Waals surface area contributed by atoms with Crippen molar-refractivity contribution in [1.29, 1.82) is 0 Å². The third-order valence-corrected chi connectivity index (χ3v) is 5.03. The Labute approximate surface area is 155 Å². The van der Waals surface area contributed by atoms with Crippen LogP contribution in [0.25, 0.3) is 0 Å². The van der Waals surface area contributed by atoms with Crippen molar-refractivity contribution >= 4 is 5.91 Å². The predicted molar refractivity (Wildman–Crippen MR) is 103 cm³/mol. The topological polar surface area (TPSA) is 38.8 Å². The zero-order chi connectivity index (χ0) is 18.5. The van der Waals surface area contributed by atoms with E-state index in [1.165, 1.54) is 5.56 Å². The molecule has 0 aliphatic carbocycles. The second-order valence-corrected chi connectivity index (χ2v) is 6.90. The van der Waals surface area contributed by atoms with E-state index in [1.54, 1.807) is 7.11 Å². The molecule has 2 aromatic carbocycles. The lowest BCUT2D eigenvalue weighted by molar-refractivity contribution is 0.0504. The Kier molecular flexibility index (Phi) is 5.94. The highest BCUT2D eigenvalue weighted by Crippen LogP contribution is 2.26. The van der Waals surface area contributed by atoms with E-state index >= 15 is 0 Å². The van der Waals surface area contributed by atoms with Crippen LogP contribution in [0.3, 0.4) is 0 Å². The van der Waals surface area contributed by atoms with Gasteiger partial charge < -0.3 is 14.4 Å². The van der Waals surface area contributed by atoms with E-state index in [-0.39, 0.29) is 12.0 Å². The Morgan fingerprint density at radius 2 is 1.92 bits per heavy atom. The Bertz CT molecular complexity index is 766. The Balaban J connectivity index is 1.92. The number of nitrogens with zero attached hydrogens (tertiary/aromatic N) is 1. The van der Waals surface area contributed by atoms with Gasteiger partial charge >= 0.3 is 0 Å². The van der Waals surface area contributed by atoms with Gasteiger partial charge in [-0.1, -0.05) is 36.4 Å². The van der Waals surface area contributed by atoms with Crippen LogP contribution >= 0.6 is 0 Å². The van der Waals surface area contributed by atoms with Gasteiger partial charge in [-0.2, -0.15) is 0 Å². The molecule has 1 atom stereocenters. The first-order chi connectivity index (χ1) is 12.6. The highest BCUT2D eigenvalue weighted by molar-refractivity contribution is 5.98. The van der Waals surface area contributed by atoms with Gasteiger partial charge in [0.05, 0.1) is 18.8 Å². The van der Waals surface area contributed by atoms with Gasteiger partial charge in [0.1, 0.15) is 5.75 Å². The van der Waals surface area contributed by atoms with Crippen LogP contribution in [-0.2, 0) is 11.3 Å². The standard InChI is InChI=1S/C22H27NO3/c1-16-8-4-5-10-18(16)14-23(15-19-11-7-13-26-19)22(24)21-17(2)9-6-12-20(21)25-3/h4-6,8-10,12,19H,7,11,13-15H2,1-3H3. The summed E-state index contributed by atoms with van der Waals surface area (Å²) in [5.41, 5.74) is 3.92. The van der Waals surface area contributed by atoms with Crippen LogP contribution in [-0.4, -0.2) is 37.2 Å². The number of benzene rings is 2. The first-order valence-corrected chi connectivity index (χ1v) is 9.19. The molecule has 1 aliphatic rings. The summed E-state index contributed by atoms with van der Waals surface area (Å²) in [4.78, 5) is 15.3. The number of carbonyl (C=O) groups excluding carboxylic acids is 1. The van der Waals surface area contributed by atoms with E-state index in [0.717, 1.165) is 30.6 Å². The van der Waals surface area contributed by atoms with Crippen molar-refractivity contribution < 1.29 is 14.3 Å². The normalized spacial score (nSPS) is 16.5. The molecule has 1 saturated heterocycles. The molecule has 0 radical (unpaired) electrons. The van der Waals surface area contributed by atoms with E-state index < -0.39 is 0 Å². The lowest BCUT2D eigenvalue weighted by Crippen LogP contribution is -2.37. The van der Waals surface area contributed by atoms with E-state index in [9.17, 15) is 4.79 Å². The van der Waals surface area contributed by atoms with E-state index in [1.807, 2.05) is 42.2 Å². The molecule has 1 unspecified atom stereocenters. The quantitative estimate of drug-likeness (QED) is 0.784. The molecule has 2 aromatic rings. The zero-order valence-corrected chi connectivity index (χ0v) is 15.8. The molecule has 1 heterocycles. The van der Waals surface area contributed by atoms with Gasteiger partial charge in [0.2, 0.25) is 0 Å². The van der Waals surface area contributed by atoms with Crippen molar-refractivity contribution in [1.82, 2.24) is 4.90 Å². The zero-order valence-electron chi connectivity index (χ0n) is 15.8. The summed E-state index contributed by atoms with van der Waals surface area (Å²) in [6.07, 6.45) is 2.17. The van der Waals surface area contributed by atoms with Gasteiger partial charge in [0.15, 0.2) is 0 Å². The van der Waals surface area contributed by atoms with Gasteiger partial charge in [-0.15, -0.1) is 0 Å². The van der Waals surface area contributed by atoms with E-state index in [2.05, 4.69) is 19.1 Å². The number of amides is 1. The first-order valence-electron chi connectivity index (χ1n) is 9.19. The van der Waals surface area contributed by atoms with Crippen LogP contribution < -0.4 is 4.74 Å². The summed E-state index contributed by atoms with van der Waals surface area (Å²) < 4.78 is 11.3. The summed E-state index contributed by atoms with van der Waals surface area (Å²) in [5.74, 6) is 0.621. The third-order valence-electron chi connectivity index (χ3n) is 5.03. The smallest absolute Gasteiger partial charge is 0.258 e. The molecule has 26 heavy (non-hydrogen) atoms. The van der Waals surface area contributed by atoms with Gasteiger partial charge in [-0.25, -0.2) is 0 Å². The minimum absolute atomic E-state index is 0.00120. The van der Waals surface area contributed by atoms with Gasteiger partial charge in [-0.05, 0) is 49.4 Å². The third kappa shape index (κ3) is 4.07. The summed E-state index contributed by atoms with van der Waals surface area (Å²) in [7, 11) is 1.61. The number of aryl methyl sites for hydroxylation is 2. The fraction of sp³-hybridized carbons (Fsp3) is 0.409. The average molecular weight is 353 g/mol. The van der Waals surface area contributed by atoms with Crippen LogP contribution in [0.5, 0.6) is 5.75 Å². The van der Waals surface area contributed by atoms with E-state index in [0.29, 0.717) is 24.4 Å². The predicted octanol–water partition coefficient (Wildman–Crippen LogP) is 4.13. The van der Waals surface area contributed by atoms with Crippen molar-refractivity contribution in [3.63, 3.8) is 0 Å². The lowest BCUT2D eigenvalue weighted by Gasteiger charge is -2.27. The van der Waals surface area contributed by atoms with Crippen molar-refractivity contribution in [3.8, 4) is 5.75 Å². The number of hydrogen-bond donors (Lipinski definition) is 0. The van der Waals surface area contributed by atoms with Gasteiger partial charge in [-0.3, -0.25) is 4.79 Å². The number of hydrogen-bond acceptors (Lipinski definition) is 3. The van der Waals surface area contributed by atoms with Crippen LogP contribution in [0.4, 0.5) is 0 Å². The van der Waals surface area contributed by atoms with Gasteiger partial charge in [0, 0.05) is 19.7 Å². The fourth-order valence-electron chi connectivity index (χ4n) is 3.49. The highest BCUT2D eigenvalue weighted by atomic mass is 16.5. The Morgan fingerprint density at radius 1 is 1.15 bits per heavy atom. The molecule has 0 spiro atoms. The largest absolute Gasteiger partial charge is 0.496 e. The number of carbonyl (C=O) groups is 1. The van der Waals surface area contributed by atoms with Crippen molar-refractivity contribution in [2.45, 2.75) is 39.3 Å². The molecular formula is C22H27NO3. The molecule has 0 saturated carbocycles. The number of ether oxygens (including phenoxy) is 2. The minimum Gasteiger partial charge on any atom is -0.496 e. The molecule has 1 amide bonds. The molecule has 1 fully saturated rings. The molecular weight excluding hydrogens is 326 g/mol. The molecule has 0 aromatic heterocycles. The first kappa shape index (κ1) is 18.5. The molecule has 0 bridgehead atoms. The van der Waals surface area contributed by atoms with Crippen molar-refractivity contribution in [2.24, 2.45) is 0 Å². The molecule has 1 aliphatic heterocycles. The summed E-state index contributed by atoms with van der Waals surface area (Å²) in [6, 6.07) is 13.9. The van der Waals surface area contributed by atoms with Crippen LogP contribution in [0.1, 0.15) is 39.9 Å². The van der Waals surface area contributed by atoms with E-state index in [4.69, 9.17) is 9.47 Å². The summed E-state index contributed by atoms with van der Waals surface area (Å²) in [6.45, 7) is 5.99. The number of rotatable bonds is 6. The minimum atomic E-state index is -0.00120. The van der Waals surface area contributed by atoms with Gasteiger partial charge in [0.25, 0.3) is 5.91 Å². The van der Waals surface area contributed by atoms with Crippen molar-refractivity contribution in [2.75, 3.05) is 20.3 Å². The average Bonchev–Trinajstić information content (AvgIpc) is 3.15. The van der Waals surface area contributed by atoms with Crippen LogP contribution in [0, 0.1) is 13.8 Å². The maximum atomic E-state index is 13.4. The van der Waals surface area contributed by atoms with Crippen molar-refractivity contribution in [3.05, 3.63) is 64.7 Å².